The summed E-state index contributed by atoms with van der Waals surface area (Å²) in [5.74, 6) is -0.361. The van der Waals surface area contributed by atoms with Crippen molar-refractivity contribution in [2.24, 2.45) is 5.92 Å². The molecule has 10 heteroatoms. The minimum Gasteiger partial charge on any atom is -0.316 e. The lowest BCUT2D eigenvalue weighted by Crippen LogP contribution is -2.18. The van der Waals surface area contributed by atoms with Gasteiger partial charge in [-0.25, -0.2) is 25.2 Å². The first-order valence-electron chi connectivity index (χ1n) is 10.2. The van der Waals surface area contributed by atoms with Crippen molar-refractivity contribution in [2.45, 2.75) is 24.3 Å². The molecule has 32 heavy (non-hydrogen) atoms. The normalized spacial score (nSPS) is 14.4. The topological polar surface area (TPSA) is 97.3 Å². The molecule has 2 N–H and O–H groups in total. The third kappa shape index (κ3) is 4.87. The Morgan fingerprint density at radius 3 is 2.47 bits per heavy atom. The van der Waals surface area contributed by atoms with E-state index in [1.807, 2.05) is 0 Å². The SMILES string of the molecule is CNCc1cc(-c2ccccc2F)n(S(=O)(=O)c2cccc(NS(=O)(=O)CC3CC3)c2)c1. The Bertz CT molecular complexity index is 1350. The summed E-state index contributed by atoms with van der Waals surface area (Å²) < 4.78 is 69.6. The van der Waals surface area contributed by atoms with Gasteiger partial charge in [-0.3, -0.25) is 4.72 Å². The van der Waals surface area contributed by atoms with E-state index in [9.17, 15) is 21.2 Å². The number of aromatic nitrogens is 1. The van der Waals surface area contributed by atoms with Crippen LogP contribution in [-0.2, 0) is 26.6 Å². The molecule has 0 aliphatic heterocycles. The first-order valence-corrected chi connectivity index (χ1v) is 13.3. The predicted molar refractivity (Wildman–Crippen MR) is 122 cm³/mol. The Morgan fingerprint density at radius 2 is 1.78 bits per heavy atom. The van der Waals surface area contributed by atoms with E-state index in [0.29, 0.717) is 12.1 Å². The molecule has 2 aromatic carbocycles. The maximum Gasteiger partial charge on any atom is 0.268 e. The van der Waals surface area contributed by atoms with Crippen LogP contribution >= 0.6 is 0 Å². The summed E-state index contributed by atoms with van der Waals surface area (Å²) in [6, 6.07) is 13.2. The Labute approximate surface area is 187 Å². The summed E-state index contributed by atoms with van der Waals surface area (Å²) in [7, 11) is -5.97. The minimum absolute atomic E-state index is 0.0202. The van der Waals surface area contributed by atoms with Crippen LogP contribution in [0.4, 0.5) is 10.1 Å². The molecule has 0 atom stereocenters. The maximum absolute atomic E-state index is 14.5. The van der Waals surface area contributed by atoms with E-state index >= 15 is 0 Å². The predicted octanol–water partition coefficient (Wildman–Crippen LogP) is 3.40. The van der Waals surface area contributed by atoms with Crippen LogP contribution in [0.2, 0.25) is 0 Å². The molecule has 1 heterocycles. The van der Waals surface area contributed by atoms with Crippen LogP contribution in [-0.4, -0.2) is 33.6 Å². The number of nitrogens with zero attached hydrogens (tertiary/aromatic N) is 1. The van der Waals surface area contributed by atoms with Gasteiger partial charge in [0.05, 0.1) is 16.3 Å². The first kappa shape index (κ1) is 22.5. The molecule has 1 aliphatic carbocycles. The molecule has 1 saturated carbocycles. The lowest BCUT2D eigenvalue weighted by atomic mass is 10.1. The third-order valence-corrected chi connectivity index (χ3v) is 8.32. The average molecular weight is 478 g/mol. The second-order valence-corrected chi connectivity index (χ2v) is 11.5. The van der Waals surface area contributed by atoms with Crippen LogP contribution < -0.4 is 10.0 Å². The summed E-state index contributed by atoms with van der Waals surface area (Å²) in [4.78, 5) is -0.103. The number of halogens is 1. The van der Waals surface area contributed by atoms with E-state index in [4.69, 9.17) is 0 Å². The van der Waals surface area contributed by atoms with Gasteiger partial charge in [0.25, 0.3) is 10.0 Å². The van der Waals surface area contributed by atoms with Gasteiger partial charge in [-0.05, 0) is 67.8 Å². The van der Waals surface area contributed by atoms with E-state index in [1.54, 1.807) is 19.2 Å². The van der Waals surface area contributed by atoms with Gasteiger partial charge in [-0.2, -0.15) is 0 Å². The molecule has 1 fully saturated rings. The molecule has 170 valence electrons. The van der Waals surface area contributed by atoms with Gasteiger partial charge in [0.15, 0.2) is 0 Å². The van der Waals surface area contributed by atoms with Gasteiger partial charge in [0.2, 0.25) is 10.0 Å². The van der Waals surface area contributed by atoms with Crippen molar-refractivity contribution in [3.63, 3.8) is 0 Å². The molecule has 1 aliphatic rings. The summed E-state index contributed by atoms with van der Waals surface area (Å²) in [6.07, 6.45) is 3.21. The van der Waals surface area contributed by atoms with E-state index < -0.39 is 25.9 Å². The number of rotatable bonds is 9. The monoisotopic (exact) mass is 477 g/mol. The fourth-order valence-corrected chi connectivity index (χ4v) is 6.47. The summed E-state index contributed by atoms with van der Waals surface area (Å²) in [6.45, 7) is 0.394. The lowest BCUT2D eigenvalue weighted by Gasteiger charge is -2.13. The van der Waals surface area contributed by atoms with Crippen LogP contribution in [0.25, 0.3) is 11.3 Å². The highest BCUT2D eigenvalue weighted by molar-refractivity contribution is 7.92. The van der Waals surface area contributed by atoms with E-state index in [-0.39, 0.29) is 33.5 Å². The second kappa shape index (κ2) is 8.68. The molecule has 0 radical (unpaired) electrons. The number of hydrogen-bond acceptors (Lipinski definition) is 5. The van der Waals surface area contributed by atoms with E-state index in [2.05, 4.69) is 10.0 Å². The third-order valence-electron chi connectivity index (χ3n) is 5.19. The Hall–Kier alpha value is -2.69. The fraction of sp³-hybridized carbons (Fsp3) is 0.273. The highest BCUT2D eigenvalue weighted by atomic mass is 32.2. The standard InChI is InChI=1S/C22H24FN3O4S2/c1-24-13-17-11-22(20-7-2-3-8-21(20)23)26(14-17)32(29,30)19-6-4-5-18(12-19)25-31(27,28)15-16-9-10-16/h2-8,11-12,14,16,24-25H,9-10,13,15H2,1H3. The number of nitrogens with one attached hydrogen (secondary N) is 2. The lowest BCUT2D eigenvalue weighted by molar-refractivity contribution is 0.587. The van der Waals surface area contributed by atoms with Crippen molar-refractivity contribution >= 4 is 25.7 Å². The first-order chi connectivity index (χ1) is 15.2. The van der Waals surface area contributed by atoms with Crippen molar-refractivity contribution in [3.8, 4) is 11.3 Å². The number of benzene rings is 2. The van der Waals surface area contributed by atoms with Gasteiger partial charge in [-0.15, -0.1) is 0 Å². The van der Waals surface area contributed by atoms with Crippen LogP contribution in [0.3, 0.4) is 0 Å². The molecule has 0 amide bonds. The average Bonchev–Trinajstić information content (AvgIpc) is 3.43. The van der Waals surface area contributed by atoms with Gasteiger partial charge in [0.1, 0.15) is 5.82 Å². The van der Waals surface area contributed by atoms with Gasteiger partial charge in [-0.1, -0.05) is 18.2 Å². The van der Waals surface area contributed by atoms with Crippen molar-refractivity contribution in [2.75, 3.05) is 17.5 Å². The second-order valence-electron chi connectivity index (χ2n) is 7.90. The maximum atomic E-state index is 14.5. The van der Waals surface area contributed by atoms with Crippen LogP contribution in [0, 0.1) is 11.7 Å². The van der Waals surface area contributed by atoms with Gasteiger partial charge >= 0.3 is 0 Å². The smallest absolute Gasteiger partial charge is 0.268 e. The Balaban J connectivity index is 1.74. The van der Waals surface area contributed by atoms with Crippen LogP contribution in [0.5, 0.6) is 0 Å². The molecule has 7 nitrogen and oxygen atoms in total. The van der Waals surface area contributed by atoms with Crippen molar-refractivity contribution in [3.05, 3.63) is 72.2 Å². The summed E-state index contributed by atoms with van der Waals surface area (Å²) >= 11 is 0. The fourth-order valence-electron chi connectivity index (χ4n) is 3.51. The number of anilines is 1. The van der Waals surface area contributed by atoms with Gasteiger partial charge < -0.3 is 5.32 Å². The quantitative estimate of drug-likeness (QED) is 0.492. The Morgan fingerprint density at radius 1 is 1.03 bits per heavy atom. The van der Waals surface area contributed by atoms with E-state index in [0.717, 1.165) is 16.8 Å². The zero-order valence-electron chi connectivity index (χ0n) is 17.5. The zero-order valence-corrected chi connectivity index (χ0v) is 19.1. The highest BCUT2D eigenvalue weighted by Gasteiger charge is 2.28. The number of hydrogen-bond donors (Lipinski definition) is 2. The molecular formula is C22H24FN3O4S2. The molecule has 3 aromatic rings. The molecule has 0 unspecified atom stereocenters. The molecule has 0 saturated heterocycles. The molecule has 4 rings (SSSR count). The van der Waals surface area contributed by atoms with Crippen LogP contribution in [0.15, 0.2) is 65.7 Å². The molecule has 0 spiro atoms. The summed E-state index contributed by atoms with van der Waals surface area (Å²) in [5, 5.41) is 2.96. The highest BCUT2D eigenvalue weighted by Crippen LogP contribution is 2.32. The number of sulfonamides is 1. The van der Waals surface area contributed by atoms with E-state index in [1.165, 1.54) is 48.7 Å². The summed E-state index contributed by atoms with van der Waals surface area (Å²) in [5.41, 5.74) is 1.17. The largest absolute Gasteiger partial charge is 0.316 e. The van der Waals surface area contributed by atoms with Crippen molar-refractivity contribution in [1.29, 1.82) is 0 Å². The van der Waals surface area contributed by atoms with Crippen LogP contribution in [0.1, 0.15) is 18.4 Å². The zero-order chi connectivity index (χ0) is 22.9. The van der Waals surface area contributed by atoms with Gasteiger partial charge in [0, 0.05) is 24.0 Å². The van der Waals surface area contributed by atoms with Crippen molar-refractivity contribution in [1.82, 2.24) is 9.29 Å². The minimum atomic E-state index is -4.13. The molecular weight excluding hydrogens is 453 g/mol. The molecule has 1 aromatic heterocycles. The van der Waals surface area contributed by atoms with Crippen molar-refractivity contribution < 1.29 is 21.2 Å². The Kier molecular flexibility index (Phi) is 6.11. The molecule has 0 bridgehead atoms.